The Morgan fingerprint density at radius 3 is 1.97 bits per heavy atom. The largest absolute Gasteiger partial charge is 0.467 e. The zero-order valence-electron chi connectivity index (χ0n) is 19.5. The Morgan fingerprint density at radius 1 is 0.833 bits per heavy atom. The smallest absolute Gasteiger partial charge is 0.430 e. The third kappa shape index (κ3) is 4.90. The van der Waals surface area contributed by atoms with Gasteiger partial charge in [0.25, 0.3) is 0 Å². The van der Waals surface area contributed by atoms with Crippen LogP contribution in [-0.2, 0) is 38.6 Å². The minimum absolute atomic E-state index is 0.0982. The Morgan fingerprint density at radius 2 is 1.39 bits per heavy atom. The average molecular weight is 488 g/mol. The molecule has 1 aliphatic rings. The molecule has 0 heterocycles. The van der Waals surface area contributed by atoms with Crippen molar-refractivity contribution in [2.45, 2.75) is 25.2 Å². The van der Waals surface area contributed by atoms with E-state index in [4.69, 9.17) is 14.2 Å². The van der Waals surface area contributed by atoms with Crippen molar-refractivity contribution in [1.82, 2.24) is 10.4 Å². The van der Waals surface area contributed by atoms with Crippen molar-refractivity contribution >= 4 is 23.9 Å². The summed E-state index contributed by atoms with van der Waals surface area (Å²) in [4.78, 5) is 52.7. The highest BCUT2D eigenvalue weighted by Crippen LogP contribution is 2.35. The van der Waals surface area contributed by atoms with Crippen LogP contribution in [0, 0.1) is 0 Å². The number of nitrogens with zero attached hydrogens (tertiary/aromatic N) is 1. The van der Waals surface area contributed by atoms with E-state index in [2.05, 4.69) is 5.43 Å². The third-order valence-electron chi connectivity index (χ3n) is 5.79. The number of Topliss-reactive ketones (excluding diaryl/α,β-unsaturated/α-hetero) is 1. The number of methoxy groups -OCH3 is 1. The lowest BCUT2D eigenvalue weighted by molar-refractivity contribution is -0.152. The fraction of sp³-hybridized carbons (Fsp3) is 0.185. The van der Waals surface area contributed by atoms with E-state index < -0.39 is 29.5 Å². The first-order valence-electron chi connectivity index (χ1n) is 11.1. The predicted molar refractivity (Wildman–Crippen MR) is 127 cm³/mol. The van der Waals surface area contributed by atoms with Crippen molar-refractivity contribution in [1.29, 1.82) is 0 Å². The number of carbonyl (C=O) groups is 4. The molecule has 0 unspecified atom stereocenters. The summed E-state index contributed by atoms with van der Waals surface area (Å²) in [6.07, 6.45) is -2.39. The summed E-state index contributed by atoms with van der Waals surface area (Å²) in [5.74, 6) is -1.73. The van der Waals surface area contributed by atoms with Gasteiger partial charge in [0.05, 0.1) is 7.11 Å². The normalized spacial score (nSPS) is 16.0. The number of ketones is 1. The van der Waals surface area contributed by atoms with Crippen molar-refractivity contribution < 1.29 is 33.4 Å². The van der Waals surface area contributed by atoms with Gasteiger partial charge in [-0.15, -0.1) is 0 Å². The Labute approximate surface area is 207 Å². The molecule has 0 fully saturated rings. The molecule has 0 aliphatic heterocycles. The highest BCUT2D eigenvalue weighted by Gasteiger charge is 2.60. The van der Waals surface area contributed by atoms with Crippen LogP contribution >= 0.6 is 0 Å². The number of rotatable bonds is 6. The Kier molecular flexibility index (Phi) is 7.29. The summed E-state index contributed by atoms with van der Waals surface area (Å²) in [7, 11) is 1.10. The van der Waals surface area contributed by atoms with E-state index in [1.165, 1.54) is 0 Å². The number of nitrogens with one attached hydrogen (secondary N) is 1. The zero-order chi connectivity index (χ0) is 25.5. The topological polar surface area (TPSA) is 111 Å². The van der Waals surface area contributed by atoms with Gasteiger partial charge in [0.2, 0.25) is 11.3 Å². The van der Waals surface area contributed by atoms with Crippen LogP contribution in [0.15, 0.2) is 84.9 Å². The van der Waals surface area contributed by atoms with E-state index in [0.29, 0.717) is 21.7 Å². The minimum Gasteiger partial charge on any atom is -0.467 e. The van der Waals surface area contributed by atoms with Crippen LogP contribution in [-0.4, -0.2) is 41.6 Å². The van der Waals surface area contributed by atoms with Crippen molar-refractivity contribution in [3.63, 3.8) is 0 Å². The maximum atomic E-state index is 13.6. The van der Waals surface area contributed by atoms with Gasteiger partial charge in [-0.25, -0.2) is 19.8 Å². The highest BCUT2D eigenvalue weighted by atomic mass is 16.6. The number of esters is 1. The first-order valence-corrected chi connectivity index (χ1v) is 11.1. The molecule has 0 saturated carbocycles. The molecule has 0 aromatic heterocycles. The second-order valence-electron chi connectivity index (χ2n) is 8.06. The van der Waals surface area contributed by atoms with Gasteiger partial charge >= 0.3 is 18.2 Å². The van der Waals surface area contributed by atoms with E-state index in [0.717, 1.165) is 7.11 Å². The molecule has 0 radical (unpaired) electrons. The fourth-order valence-corrected chi connectivity index (χ4v) is 4.01. The van der Waals surface area contributed by atoms with Crippen LogP contribution in [0.2, 0.25) is 0 Å². The van der Waals surface area contributed by atoms with Crippen LogP contribution in [0.3, 0.4) is 0 Å². The van der Waals surface area contributed by atoms with Gasteiger partial charge in [-0.1, -0.05) is 84.9 Å². The maximum absolute atomic E-state index is 13.6. The molecule has 1 N–H and O–H groups in total. The lowest BCUT2D eigenvalue weighted by Crippen LogP contribution is -2.67. The first kappa shape index (κ1) is 24.5. The van der Waals surface area contributed by atoms with Gasteiger partial charge < -0.3 is 14.2 Å². The number of benzene rings is 3. The quantitative estimate of drug-likeness (QED) is 0.243. The molecular weight excluding hydrogens is 464 g/mol. The van der Waals surface area contributed by atoms with E-state index in [1.807, 2.05) is 12.1 Å². The van der Waals surface area contributed by atoms with Gasteiger partial charge in [0, 0.05) is 12.0 Å². The summed E-state index contributed by atoms with van der Waals surface area (Å²) in [6, 6.07) is 24.3. The molecule has 3 aromatic carbocycles. The lowest BCUT2D eigenvalue weighted by atomic mass is 9.93. The van der Waals surface area contributed by atoms with Gasteiger partial charge in [0.1, 0.15) is 13.2 Å². The number of ether oxygens (including phenoxy) is 3. The van der Waals surface area contributed by atoms with Crippen molar-refractivity contribution in [2.75, 3.05) is 7.11 Å². The third-order valence-corrected chi connectivity index (χ3v) is 5.79. The molecule has 0 spiro atoms. The Balaban J connectivity index is 1.63. The predicted octanol–water partition coefficient (Wildman–Crippen LogP) is 3.82. The van der Waals surface area contributed by atoms with Crippen molar-refractivity contribution in [2.24, 2.45) is 0 Å². The fourth-order valence-electron chi connectivity index (χ4n) is 4.01. The Bertz CT molecular complexity index is 1260. The van der Waals surface area contributed by atoms with E-state index >= 15 is 0 Å². The number of hydrazine groups is 1. The van der Waals surface area contributed by atoms with Crippen LogP contribution < -0.4 is 5.43 Å². The zero-order valence-corrected chi connectivity index (χ0v) is 19.5. The van der Waals surface area contributed by atoms with Crippen LogP contribution in [0.25, 0.3) is 0 Å². The van der Waals surface area contributed by atoms with E-state index in [9.17, 15) is 19.2 Å². The number of fused-ring (bicyclic) bond motifs is 1. The molecular formula is C27H24N2O7. The van der Waals surface area contributed by atoms with Gasteiger partial charge in [0.15, 0.2) is 0 Å². The molecule has 0 saturated heterocycles. The molecule has 36 heavy (non-hydrogen) atoms. The first-order chi connectivity index (χ1) is 17.5. The van der Waals surface area contributed by atoms with Crippen molar-refractivity contribution in [3.05, 3.63) is 107 Å². The summed E-state index contributed by atoms with van der Waals surface area (Å²) >= 11 is 0. The average Bonchev–Trinajstić information content (AvgIpc) is 3.22. The number of hydrogen-bond acceptors (Lipinski definition) is 7. The van der Waals surface area contributed by atoms with E-state index in [1.54, 1.807) is 72.8 Å². The maximum Gasteiger partial charge on any atom is 0.430 e. The van der Waals surface area contributed by atoms with Crippen molar-refractivity contribution in [3.8, 4) is 0 Å². The Hall–Kier alpha value is -4.66. The summed E-state index contributed by atoms with van der Waals surface area (Å²) in [5, 5.41) is 0.581. The number of hydrogen-bond donors (Lipinski definition) is 1. The van der Waals surface area contributed by atoms with Gasteiger partial charge in [-0.3, -0.25) is 4.79 Å². The molecule has 1 atom stereocenters. The van der Waals surface area contributed by atoms with E-state index in [-0.39, 0.29) is 25.2 Å². The second-order valence-corrected chi connectivity index (χ2v) is 8.06. The number of amides is 2. The van der Waals surface area contributed by atoms with Gasteiger partial charge in [-0.05, 0) is 16.7 Å². The lowest BCUT2D eigenvalue weighted by Gasteiger charge is -2.35. The SMILES string of the molecule is COC(=O)[C@]1(N(NC(=O)OCc2ccccc2)C(=O)OCc2ccccc2)Cc2ccccc2C1=O. The van der Waals surface area contributed by atoms with Crippen LogP contribution in [0.1, 0.15) is 27.0 Å². The number of carbonyl (C=O) groups excluding carboxylic acids is 4. The summed E-state index contributed by atoms with van der Waals surface area (Å²) in [5.41, 5.74) is 2.19. The van der Waals surface area contributed by atoms with Gasteiger partial charge in [-0.2, -0.15) is 5.01 Å². The molecule has 4 rings (SSSR count). The van der Waals surface area contributed by atoms with Crippen LogP contribution in [0.5, 0.6) is 0 Å². The molecule has 9 heteroatoms. The molecule has 2 amide bonds. The summed E-state index contributed by atoms with van der Waals surface area (Å²) < 4.78 is 15.6. The molecule has 3 aromatic rings. The summed E-state index contributed by atoms with van der Waals surface area (Å²) in [6.45, 7) is -0.256. The van der Waals surface area contributed by atoms with Crippen LogP contribution in [0.4, 0.5) is 9.59 Å². The highest BCUT2D eigenvalue weighted by molar-refractivity contribution is 6.21. The minimum atomic E-state index is -2.21. The molecule has 9 nitrogen and oxygen atoms in total. The standard InChI is InChI=1S/C27H24N2O7/c1-34-24(31)27(16-21-14-8-9-15-22(21)23(27)30)29(26(33)36-18-20-12-6-3-7-13-20)28-25(32)35-17-19-10-4-2-5-11-19/h2-15H,16-18H2,1H3,(H,28,32)/t27-/m0/s1. The molecule has 184 valence electrons. The monoisotopic (exact) mass is 488 g/mol. The second kappa shape index (κ2) is 10.7. The molecule has 1 aliphatic carbocycles. The molecule has 0 bridgehead atoms.